The van der Waals surface area contributed by atoms with E-state index in [0.29, 0.717) is 25.4 Å². The van der Waals surface area contributed by atoms with Crippen molar-refractivity contribution in [3.05, 3.63) is 35.7 Å². The summed E-state index contributed by atoms with van der Waals surface area (Å²) in [7, 11) is 1.64. The van der Waals surface area contributed by atoms with Crippen molar-refractivity contribution in [2.24, 2.45) is 0 Å². The van der Waals surface area contributed by atoms with E-state index in [0.717, 1.165) is 18.1 Å². The number of hydrogen-bond donors (Lipinski definition) is 1. The number of carbonyl (C=O) groups is 1. The average Bonchev–Trinajstić information content (AvgIpc) is 3.08. The first-order valence-corrected chi connectivity index (χ1v) is 6.97. The quantitative estimate of drug-likeness (QED) is 0.825. The topological polar surface area (TPSA) is 74.0 Å². The molecular weight excluding hydrogens is 270 g/mol. The third-order valence-corrected chi connectivity index (χ3v) is 3.23. The lowest BCUT2D eigenvalue weighted by molar-refractivity contribution is 0.0946. The van der Waals surface area contributed by atoms with E-state index in [9.17, 15) is 4.79 Å². The lowest BCUT2D eigenvalue weighted by Crippen LogP contribution is -2.28. The summed E-state index contributed by atoms with van der Waals surface area (Å²) in [5.41, 5.74) is 1.49. The zero-order chi connectivity index (χ0) is 15.2. The standard InChI is InChI=1S/C14H21N5O2/c1-4-18-7-5-12(17-18)14(20)15-6-8-19-11(2)9-16-13(19)10-21-3/h5,7,9H,4,6,8,10H2,1-3H3,(H,15,20). The monoisotopic (exact) mass is 291 g/mol. The van der Waals surface area contributed by atoms with Gasteiger partial charge in [0, 0.05) is 44.8 Å². The number of nitrogens with zero attached hydrogens (tertiary/aromatic N) is 4. The Labute approximate surface area is 123 Å². The normalized spacial score (nSPS) is 10.8. The Balaban J connectivity index is 1.89. The molecule has 0 fully saturated rings. The zero-order valence-corrected chi connectivity index (χ0v) is 12.7. The Kier molecular flexibility index (Phi) is 5.10. The SMILES string of the molecule is CCn1ccc(C(=O)NCCn2c(C)cnc2COC)n1. The molecule has 7 nitrogen and oxygen atoms in total. The van der Waals surface area contributed by atoms with Gasteiger partial charge >= 0.3 is 0 Å². The number of hydrogen-bond acceptors (Lipinski definition) is 4. The number of methoxy groups -OCH3 is 1. The summed E-state index contributed by atoms with van der Waals surface area (Å²) >= 11 is 0. The maximum Gasteiger partial charge on any atom is 0.271 e. The lowest BCUT2D eigenvalue weighted by Gasteiger charge is -2.10. The van der Waals surface area contributed by atoms with E-state index in [1.54, 1.807) is 30.3 Å². The fourth-order valence-electron chi connectivity index (χ4n) is 2.09. The fourth-order valence-corrected chi connectivity index (χ4v) is 2.09. The van der Waals surface area contributed by atoms with Gasteiger partial charge in [-0.3, -0.25) is 9.48 Å². The predicted octanol–water partition coefficient (Wildman–Crippen LogP) is 0.984. The third kappa shape index (κ3) is 3.69. The minimum Gasteiger partial charge on any atom is -0.377 e. The van der Waals surface area contributed by atoms with Crippen LogP contribution in [0.4, 0.5) is 0 Å². The van der Waals surface area contributed by atoms with Crippen molar-refractivity contribution in [2.75, 3.05) is 13.7 Å². The van der Waals surface area contributed by atoms with Crippen LogP contribution in [0.1, 0.15) is 28.9 Å². The van der Waals surface area contributed by atoms with Crippen molar-refractivity contribution in [3.63, 3.8) is 0 Å². The number of rotatable bonds is 7. The van der Waals surface area contributed by atoms with Crippen LogP contribution in [0.3, 0.4) is 0 Å². The van der Waals surface area contributed by atoms with Gasteiger partial charge in [-0.2, -0.15) is 5.10 Å². The number of ether oxygens (including phenoxy) is 1. The van der Waals surface area contributed by atoms with Crippen molar-refractivity contribution < 1.29 is 9.53 Å². The Hall–Kier alpha value is -2.15. The molecule has 0 bridgehead atoms. The van der Waals surface area contributed by atoms with Crippen molar-refractivity contribution in [1.29, 1.82) is 0 Å². The van der Waals surface area contributed by atoms with Crippen molar-refractivity contribution in [2.45, 2.75) is 33.5 Å². The molecule has 0 aliphatic heterocycles. The molecule has 114 valence electrons. The Bertz CT molecular complexity index is 602. The van der Waals surface area contributed by atoms with Gasteiger partial charge in [0.25, 0.3) is 5.91 Å². The summed E-state index contributed by atoms with van der Waals surface area (Å²) in [6.07, 6.45) is 3.60. The highest BCUT2D eigenvalue weighted by Gasteiger charge is 2.10. The highest BCUT2D eigenvalue weighted by atomic mass is 16.5. The molecule has 2 aromatic rings. The molecule has 1 amide bonds. The molecule has 0 saturated heterocycles. The van der Waals surface area contributed by atoms with E-state index >= 15 is 0 Å². The average molecular weight is 291 g/mol. The molecule has 2 heterocycles. The first-order chi connectivity index (χ1) is 10.2. The van der Waals surface area contributed by atoms with Crippen LogP contribution < -0.4 is 5.32 Å². The number of aryl methyl sites for hydroxylation is 2. The summed E-state index contributed by atoms with van der Waals surface area (Å²) in [4.78, 5) is 16.2. The van der Waals surface area contributed by atoms with Gasteiger partial charge < -0.3 is 14.6 Å². The molecule has 0 unspecified atom stereocenters. The summed E-state index contributed by atoms with van der Waals surface area (Å²) in [6, 6.07) is 1.72. The third-order valence-electron chi connectivity index (χ3n) is 3.23. The van der Waals surface area contributed by atoms with E-state index in [-0.39, 0.29) is 5.91 Å². The molecule has 2 aromatic heterocycles. The smallest absolute Gasteiger partial charge is 0.271 e. The van der Waals surface area contributed by atoms with Gasteiger partial charge in [0.15, 0.2) is 0 Å². The minimum atomic E-state index is -0.159. The van der Waals surface area contributed by atoms with Gasteiger partial charge in [-0.05, 0) is 19.9 Å². The zero-order valence-electron chi connectivity index (χ0n) is 12.7. The maximum absolute atomic E-state index is 12.0. The van der Waals surface area contributed by atoms with Crippen LogP contribution in [-0.4, -0.2) is 38.9 Å². The van der Waals surface area contributed by atoms with Gasteiger partial charge in [-0.1, -0.05) is 0 Å². The van der Waals surface area contributed by atoms with Crippen molar-refractivity contribution >= 4 is 5.91 Å². The number of amides is 1. The highest BCUT2D eigenvalue weighted by molar-refractivity contribution is 5.92. The first kappa shape index (κ1) is 15.2. The molecule has 1 N–H and O–H groups in total. The van der Waals surface area contributed by atoms with Crippen LogP contribution in [-0.2, 0) is 24.4 Å². The molecule has 0 aromatic carbocycles. The second kappa shape index (κ2) is 7.03. The lowest BCUT2D eigenvalue weighted by atomic mass is 10.4. The van der Waals surface area contributed by atoms with Crippen molar-refractivity contribution in [1.82, 2.24) is 24.6 Å². The highest BCUT2D eigenvalue weighted by Crippen LogP contribution is 2.05. The Morgan fingerprint density at radius 1 is 1.48 bits per heavy atom. The second-order valence-electron chi connectivity index (χ2n) is 4.71. The molecule has 2 rings (SSSR count). The molecule has 0 aliphatic carbocycles. The molecule has 0 spiro atoms. The summed E-state index contributed by atoms with van der Waals surface area (Å²) in [5.74, 6) is 0.702. The van der Waals surface area contributed by atoms with Gasteiger partial charge in [0.1, 0.15) is 18.1 Å². The molecule has 0 atom stereocenters. The van der Waals surface area contributed by atoms with E-state index in [1.165, 1.54) is 0 Å². The van der Waals surface area contributed by atoms with E-state index in [1.807, 2.05) is 18.4 Å². The summed E-state index contributed by atoms with van der Waals surface area (Å²) in [5, 5.41) is 7.04. The van der Waals surface area contributed by atoms with E-state index < -0.39 is 0 Å². The molecular formula is C14H21N5O2. The van der Waals surface area contributed by atoms with Crippen LogP contribution >= 0.6 is 0 Å². The maximum atomic E-state index is 12.0. The van der Waals surface area contributed by atoms with Crippen LogP contribution in [0.2, 0.25) is 0 Å². The molecule has 0 aliphatic rings. The molecule has 7 heteroatoms. The molecule has 21 heavy (non-hydrogen) atoms. The number of aromatic nitrogens is 4. The van der Waals surface area contributed by atoms with Crippen LogP contribution in [0.5, 0.6) is 0 Å². The van der Waals surface area contributed by atoms with Crippen LogP contribution in [0.15, 0.2) is 18.5 Å². The van der Waals surface area contributed by atoms with E-state index in [2.05, 4.69) is 15.4 Å². The van der Waals surface area contributed by atoms with Crippen LogP contribution in [0, 0.1) is 6.92 Å². The van der Waals surface area contributed by atoms with Crippen molar-refractivity contribution in [3.8, 4) is 0 Å². The molecule has 0 saturated carbocycles. The number of nitrogens with one attached hydrogen (secondary N) is 1. The largest absolute Gasteiger partial charge is 0.377 e. The minimum absolute atomic E-state index is 0.159. The Morgan fingerprint density at radius 3 is 2.95 bits per heavy atom. The summed E-state index contributed by atoms with van der Waals surface area (Å²) < 4.78 is 8.87. The Morgan fingerprint density at radius 2 is 2.29 bits per heavy atom. The van der Waals surface area contributed by atoms with Crippen LogP contribution in [0.25, 0.3) is 0 Å². The number of carbonyl (C=O) groups excluding carboxylic acids is 1. The van der Waals surface area contributed by atoms with Gasteiger partial charge in [-0.25, -0.2) is 4.98 Å². The fraction of sp³-hybridized carbons (Fsp3) is 0.500. The molecule has 0 radical (unpaired) electrons. The van der Waals surface area contributed by atoms with Gasteiger partial charge in [-0.15, -0.1) is 0 Å². The summed E-state index contributed by atoms with van der Waals surface area (Å²) in [6.45, 7) is 6.35. The van der Waals surface area contributed by atoms with E-state index in [4.69, 9.17) is 4.74 Å². The predicted molar refractivity (Wildman–Crippen MR) is 77.9 cm³/mol. The van der Waals surface area contributed by atoms with Gasteiger partial charge in [0.2, 0.25) is 0 Å². The second-order valence-corrected chi connectivity index (χ2v) is 4.71. The van der Waals surface area contributed by atoms with Gasteiger partial charge in [0.05, 0.1) is 0 Å². The number of imidazole rings is 1. The first-order valence-electron chi connectivity index (χ1n) is 6.97.